The minimum atomic E-state index is -2.76. The number of hydrogen-bond donors (Lipinski definition) is 1. The molecule has 1 aliphatic heterocycles. The van der Waals surface area contributed by atoms with Crippen molar-refractivity contribution in [3.63, 3.8) is 0 Å². The first-order valence-corrected chi connectivity index (χ1v) is 8.59. The van der Waals surface area contributed by atoms with Crippen molar-refractivity contribution in [1.29, 1.82) is 0 Å². The summed E-state index contributed by atoms with van der Waals surface area (Å²) in [5.41, 5.74) is 0. The summed E-state index contributed by atoms with van der Waals surface area (Å²) in [5.74, 6) is 0.705. The predicted molar refractivity (Wildman–Crippen MR) is 72.1 cm³/mol. The van der Waals surface area contributed by atoms with Gasteiger partial charge in [0.25, 0.3) is 0 Å². The Kier molecular flexibility index (Phi) is 7.08. The molecule has 1 N–H and O–H groups in total. The van der Waals surface area contributed by atoms with Crippen LogP contribution in [0.3, 0.4) is 0 Å². The zero-order valence-corrected chi connectivity index (χ0v) is 11.8. The van der Waals surface area contributed by atoms with Gasteiger partial charge in [-0.2, -0.15) is 0 Å². The monoisotopic (exact) mass is 262 g/mol. The molecule has 102 valence electrons. The van der Waals surface area contributed by atoms with Gasteiger partial charge < -0.3 is 10.2 Å². The van der Waals surface area contributed by atoms with E-state index in [0.717, 1.165) is 32.6 Å². The molecule has 1 saturated heterocycles. The van der Waals surface area contributed by atoms with Gasteiger partial charge in [0.1, 0.15) is 0 Å². The molecule has 0 radical (unpaired) electrons. The maximum Gasteiger partial charge on any atom is 0.151 e. The van der Waals surface area contributed by atoms with E-state index < -0.39 is 9.84 Å². The Morgan fingerprint density at radius 3 is 2.71 bits per heavy atom. The van der Waals surface area contributed by atoms with E-state index in [1.807, 2.05) is 0 Å². The van der Waals surface area contributed by atoms with E-state index in [-0.39, 0.29) is 0 Å². The van der Waals surface area contributed by atoms with Crippen molar-refractivity contribution in [3.8, 4) is 0 Å². The van der Waals surface area contributed by atoms with Crippen LogP contribution in [0.15, 0.2) is 0 Å². The van der Waals surface area contributed by atoms with Crippen LogP contribution in [-0.2, 0) is 9.84 Å². The van der Waals surface area contributed by atoms with Crippen LogP contribution in [0, 0.1) is 0 Å². The van der Waals surface area contributed by atoms with E-state index in [4.69, 9.17) is 0 Å². The summed E-state index contributed by atoms with van der Waals surface area (Å²) in [6.07, 6.45) is 4.57. The fraction of sp³-hybridized carbons (Fsp3) is 1.00. The lowest BCUT2D eigenvalue weighted by Gasteiger charge is -2.19. The zero-order chi connectivity index (χ0) is 12.6. The van der Waals surface area contributed by atoms with Crippen LogP contribution in [0.2, 0.25) is 0 Å². The lowest BCUT2D eigenvalue weighted by Crippen LogP contribution is -2.34. The van der Waals surface area contributed by atoms with Crippen LogP contribution in [0.25, 0.3) is 0 Å². The average Bonchev–Trinajstić information content (AvgIpc) is 2.45. The first kappa shape index (κ1) is 14.9. The van der Waals surface area contributed by atoms with Crippen LogP contribution in [0.1, 0.15) is 32.6 Å². The molecule has 0 bridgehead atoms. The molecule has 4 nitrogen and oxygen atoms in total. The normalized spacial score (nSPS) is 21.2. The number of unbranched alkanes of at least 4 members (excludes halogenated alkanes) is 2. The minimum absolute atomic E-state index is 0.336. The highest BCUT2D eigenvalue weighted by molar-refractivity contribution is 7.91. The lowest BCUT2D eigenvalue weighted by molar-refractivity contribution is 0.294. The van der Waals surface area contributed by atoms with E-state index in [2.05, 4.69) is 17.1 Å². The van der Waals surface area contributed by atoms with Crippen molar-refractivity contribution in [2.45, 2.75) is 32.6 Å². The zero-order valence-electron chi connectivity index (χ0n) is 11.0. The van der Waals surface area contributed by atoms with Gasteiger partial charge in [0.2, 0.25) is 0 Å². The molecule has 5 heteroatoms. The largest absolute Gasteiger partial charge is 0.315 e. The van der Waals surface area contributed by atoms with E-state index in [9.17, 15) is 8.42 Å². The minimum Gasteiger partial charge on any atom is -0.315 e. The fourth-order valence-electron chi connectivity index (χ4n) is 2.08. The maximum absolute atomic E-state index is 11.4. The van der Waals surface area contributed by atoms with Gasteiger partial charge in [-0.3, -0.25) is 0 Å². The highest BCUT2D eigenvalue weighted by atomic mass is 32.2. The smallest absolute Gasteiger partial charge is 0.151 e. The standard InChI is InChI=1S/C12H26N2O2S/c1-2-3-4-6-13-7-9-14-8-5-11-17(15,16)12-10-14/h13H,2-12H2,1H3. The van der Waals surface area contributed by atoms with Gasteiger partial charge in [-0.05, 0) is 25.9 Å². The molecule has 0 aliphatic carbocycles. The highest BCUT2D eigenvalue weighted by Gasteiger charge is 2.18. The molecule has 1 fully saturated rings. The van der Waals surface area contributed by atoms with Crippen molar-refractivity contribution in [3.05, 3.63) is 0 Å². The molecular weight excluding hydrogens is 236 g/mol. The summed E-state index contributed by atoms with van der Waals surface area (Å²) in [7, 11) is -2.76. The summed E-state index contributed by atoms with van der Waals surface area (Å²) in [6.45, 7) is 6.87. The molecule has 0 atom stereocenters. The molecule has 17 heavy (non-hydrogen) atoms. The number of rotatable bonds is 7. The average molecular weight is 262 g/mol. The molecule has 0 amide bonds. The second-order valence-corrected chi connectivity index (χ2v) is 7.11. The first-order valence-electron chi connectivity index (χ1n) is 6.77. The topological polar surface area (TPSA) is 49.4 Å². The molecule has 0 aromatic rings. The summed E-state index contributed by atoms with van der Waals surface area (Å²) < 4.78 is 22.8. The maximum atomic E-state index is 11.4. The fourth-order valence-corrected chi connectivity index (χ4v) is 3.39. The lowest BCUT2D eigenvalue weighted by atomic mass is 10.2. The van der Waals surface area contributed by atoms with Crippen LogP contribution in [-0.4, -0.2) is 57.5 Å². The molecule has 0 aromatic carbocycles. The number of hydrogen-bond acceptors (Lipinski definition) is 4. The van der Waals surface area contributed by atoms with Gasteiger partial charge in [0.15, 0.2) is 9.84 Å². The van der Waals surface area contributed by atoms with E-state index in [1.54, 1.807) is 0 Å². The second kappa shape index (κ2) is 8.06. The van der Waals surface area contributed by atoms with Crippen LogP contribution < -0.4 is 5.32 Å². The number of nitrogens with one attached hydrogen (secondary N) is 1. The van der Waals surface area contributed by atoms with Crippen molar-refractivity contribution < 1.29 is 8.42 Å². The summed E-state index contributed by atoms with van der Waals surface area (Å²) in [6, 6.07) is 0. The summed E-state index contributed by atoms with van der Waals surface area (Å²) in [5, 5.41) is 3.42. The Bertz CT molecular complexity index is 291. The van der Waals surface area contributed by atoms with E-state index in [0.29, 0.717) is 18.1 Å². The van der Waals surface area contributed by atoms with Crippen molar-refractivity contribution >= 4 is 9.84 Å². The summed E-state index contributed by atoms with van der Waals surface area (Å²) in [4.78, 5) is 2.26. The molecule has 0 aromatic heterocycles. The van der Waals surface area contributed by atoms with E-state index in [1.165, 1.54) is 19.3 Å². The van der Waals surface area contributed by atoms with Gasteiger partial charge in [0.05, 0.1) is 11.5 Å². The third-order valence-electron chi connectivity index (χ3n) is 3.21. The highest BCUT2D eigenvalue weighted by Crippen LogP contribution is 2.04. The van der Waals surface area contributed by atoms with Crippen molar-refractivity contribution in [1.82, 2.24) is 10.2 Å². The Balaban J connectivity index is 2.07. The molecule has 1 rings (SSSR count). The van der Waals surface area contributed by atoms with Gasteiger partial charge in [-0.15, -0.1) is 0 Å². The predicted octanol–water partition coefficient (Wildman–Crippen LogP) is 0.887. The Morgan fingerprint density at radius 2 is 1.94 bits per heavy atom. The van der Waals surface area contributed by atoms with Crippen LogP contribution in [0.4, 0.5) is 0 Å². The number of sulfone groups is 1. The van der Waals surface area contributed by atoms with E-state index >= 15 is 0 Å². The Morgan fingerprint density at radius 1 is 1.12 bits per heavy atom. The van der Waals surface area contributed by atoms with Gasteiger partial charge in [-0.25, -0.2) is 8.42 Å². The third-order valence-corrected chi connectivity index (χ3v) is 4.93. The van der Waals surface area contributed by atoms with Gasteiger partial charge >= 0.3 is 0 Å². The van der Waals surface area contributed by atoms with Crippen molar-refractivity contribution in [2.24, 2.45) is 0 Å². The van der Waals surface area contributed by atoms with Crippen molar-refractivity contribution in [2.75, 3.05) is 44.2 Å². The Labute approximate surface area is 106 Å². The second-order valence-electron chi connectivity index (χ2n) is 4.80. The SMILES string of the molecule is CCCCCNCCN1CCCS(=O)(=O)CC1. The third kappa shape index (κ3) is 7.01. The molecule has 1 aliphatic rings. The first-order chi connectivity index (χ1) is 8.14. The van der Waals surface area contributed by atoms with Gasteiger partial charge in [0, 0.05) is 19.6 Å². The molecule has 0 unspecified atom stereocenters. The molecule has 1 heterocycles. The van der Waals surface area contributed by atoms with Crippen LogP contribution >= 0.6 is 0 Å². The molecule has 0 saturated carbocycles. The quantitative estimate of drug-likeness (QED) is 0.692. The molecule has 0 spiro atoms. The van der Waals surface area contributed by atoms with Crippen LogP contribution in [0.5, 0.6) is 0 Å². The Hall–Kier alpha value is -0.130. The number of nitrogens with zero attached hydrogens (tertiary/aromatic N) is 1. The van der Waals surface area contributed by atoms with Gasteiger partial charge in [-0.1, -0.05) is 19.8 Å². The molecular formula is C12H26N2O2S. The summed E-state index contributed by atoms with van der Waals surface area (Å²) >= 11 is 0.